The molecule has 0 bridgehead atoms. The Morgan fingerprint density at radius 2 is 1.93 bits per heavy atom. The van der Waals surface area contributed by atoms with Gasteiger partial charge in [0.2, 0.25) is 0 Å². The van der Waals surface area contributed by atoms with E-state index in [-0.39, 0.29) is 47.4 Å². The lowest BCUT2D eigenvalue weighted by Crippen LogP contribution is -2.42. The highest BCUT2D eigenvalue weighted by atomic mass is 127. The first-order valence-corrected chi connectivity index (χ1v) is 11.2. The van der Waals surface area contributed by atoms with Gasteiger partial charge in [0, 0.05) is 24.9 Å². The molecule has 6 nitrogen and oxygen atoms in total. The molecule has 0 radical (unpaired) electrons. The van der Waals surface area contributed by atoms with E-state index in [1.165, 1.54) is 12.3 Å². The van der Waals surface area contributed by atoms with Crippen molar-refractivity contribution >= 4 is 39.8 Å². The van der Waals surface area contributed by atoms with Crippen LogP contribution in [0.5, 0.6) is 5.75 Å². The number of nitrogens with one attached hydrogen (secondary N) is 2. The fraction of sp³-hybridized carbons (Fsp3) is 0.632. The lowest BCUT2D eigenvalue weighted by atomic mass is 9.90. The number of benzene rings is 1. The molecule has 29 heavy (non-hydrogen) atoms. The minimum Gasteiger partial charge on any atom is -0.434 e. The molecule has 10 heteroatoms. The van der Waals surface area contributed by atoms with E-state index in [1.54, 1.807) is 12.1 Å². The number of alkyl halides is 2. The molecule has 0 fully saturated rings. The number of guanidine groups is 1. The number of aryl methyl sites for hydroxylation is 1. The van der Waals surface area contributed by atoms with Crippen molar-refractivity contribution in [3.63, 3.8) is 0 Å². The molecule has 1 aromatic carbocycles. The van der Waals surface area contributed by atoms with Gasteiger partial charge in [0.05, 0.1) is 12.3 Å². The van der Waals surface area contributed by atoms with Crippen molar-refractivity contribution < 1.29 is 21.9 Å². The van der Waals surface area contributed by atoms with Gasteiger partial charge in [-0.1, -0.05) is 31.5 Å². The molecule has 0 heterocycles. The maximum absolute atomic E-state index is 12.6. The largest absolute Gasteiger partial charge is 0.434 e. The monoisotopic (exact) mass is 547 g/mol. The maximum Gasteiger partial charge on any atom is 0.387 e. The number of rotatable bonds is 10. The Labute approximate surface area is 189 Å². The van der Waals surface area contributed by atoms with Crippen LogP contribution in [-0.4, -0.2) is 46.1 Å². The molecule has 0 atom stereocenters. The fourth-order valence-corrected chi connectivity index (χ4v) is 3.35. The maximum atomic E-state index is 12.6. The zero-order valence-corrected chi connectivity index (χ0v) is 20.7. The van der Waals surface area contributed by atoms with Gasteiger partial charge in [-0.2, -0.15) is 8.78 Å². The van der Waals surface area contributed by atoms with Crippen molar-refractivity contribution in [2.45, 2.75) is 47.3 Å². The Kier molecular flexibility index (Phi) is 12.0. The summed E-state index contributed by atoms with van der Waals surface area (Å²) in [5, 5.41) is 6.30. The summed E-state index contributed by atoms with van der Waals surface area (Å²) < 4.78 is 52.6. The average molecular weight is 547 g/mol. The van der Waals surface area contributed by atoms with E-state index in [2.05, 4.69) is 20.4 Å². The van der Waals surface area contributed by atoms with Crippen LogP contribution in [0.4, 0.5) is 8.78 Å². The number of halogens is 3. The Balaban J connectivity index is 0.00000784. The number of nitrogens with zero attached hydrogens (tertiary/aromatic N) is 1. The molecule has 0 aliphatic heterocycles. The fourth-order valence-electron chi connectivity index (χ4n) is 2.42. The van der Waals surface area contributed by atoms with Crippen molar-refractivity contribution in [3.8, 4) is 5.75 Å². The molecule has 0 unspecified atom stereocenters. The first-order chi connectivity index (χ1) is 12.9. The summed E-state index contributed by atoms with van der Waals surface area (Å²) in [5.41, 5.74) is 1.23. The van der Waals surface area contributed by atoms with E-state index in [9.17, 15) is 17.2 Å². The highest BCUT2D eigenvalue weighted by molar-refractivity contribution is 14.0. The minimum atomic E-state index is -3.02. The van der Waals surface area contributed by atoms with Crippen molar-refractivity contribution in [1.82, 2.24) is 10.6 Å². The number of hydrogen-bond donors (Lipinski definition) is 2. The standard InChI is InChI=1S/C19H31F2N3O3S.HI/c1-6-22-18(24-13-19(3,4)9-10-28(5,25)26)23-12-15-11-14(2)7-8-16(15)27-17(20)21;/h7-8,11,17H,6,9-10,12-13H2,1-5H3,(H2,22,23,24);1H. The van der Waals surface area contributed by atoms with Crippen LogP contribution >= 0.6 is 24.0 Å². The summed E-state index contributed by atoms with van der Waals surface area (Å²) in [4.78, 5) is 4.46. The van der Waals surface area contributed by atoms with Gasteiger partial charge in [-0.05, 0) is 31.7 Å². The van der Waals surface area contributed by atoms with Gasteiger partial charge >= 0.3 is 6.61 Å². The van der Waals surface area contributed by atoms with Crippen LogP contribution in [0.1, 0.15) is 38.3 Å². The van der Waals surface area contributed by atoms with Gasteiger partial charge in [0.1, 0.15) is 15.6 Å². The van der Waals surface area contributed by atoms with Crippen molar-refractivity contribution in [3.05, 3.63) is 29.3 Å². The zero-order valence-electron chi connectivity index (χ0n) is 17.6. The predicted molar refractivity (Wildman–Crippen MR) is 124 cm³/mol. The summed E-state index contributed by atoms with van der Waals surface area (Å²) in [5.74, 6) is 0.751. The molecular formula is C19H32F2IN3O3S. The van der Waals surface area contributed by atoms with Crippen LogP contribution in [0, 0.1) is 12.3 Å². The van der Waals surface area contributed by atoms with E-state index in [1.807, 2.05) is 27.7 Å². The van der Waals surface area contributed by atoms with E-state index < -0.39 is 16.4 Å². The van der Waals surface area contributed by atoms with Gasteiger partial charge < -0.3 is 15.4 Å². The van der Waals surface area contributed by atoms with Crippen LogP contribution in [-0.2, 0) is 16.4 Å². The predicted octanol–water partition coefficient (Wildman–Crippen LogP) is 3.73. The molecule has 2 N–H and O–H groups in total. The Morgan fingerprint density at radius 3 is 2.48 bits per heavy atom. The second kappa shape index (κ2) is 12.5. The van der Waals surface area contributed by atoms with Gasteiger partial charge in [0.15, 0.2) is 5.96 Å². The van der Waals surface area contributed by atoms with Crippen LogP contribution < -0.4 is 15.4 Å². The molecule has 1 aromatic rings. The molecule has 1 rings (SSSR count). The Bertz CT molecular complexity index is 772. The molecule has 0 saturated carbocycles. The van der Waals surface area contributed by atoms with Crippen molar-refractivity contribution in [2.24, 2.45) is 10.4 Å². The van der Waals surface area contributed by atoms with E-state index >= 15 is 0 Å². The second-order valence-electron chi connectivity index (χ2n) is 7.58. The van der Waals surface area contributed by atoms with Crippen LogP contribution in [0.25, 0.3) is 0 Å². The van der Waals surface area contributed by atoms with Crippen LogP contribution in [0.3, 0.4) is 0 Å². The number of ether oxygens (including phenoxy) is 1. The van der Waals surface area contributed by atoms with Gasteiger partial charge in [-0.25, -0.2) is 13.4 Å². The van der Waals surface area contributed by atoms with E-state index in [0.29, 0.717) is 31.0 Å². The lowest BCUT2D eigenvalue weighted by molar-refractivity contribution is -0.0504. The molecular weight excluding hydrogens is 515 g/mol. The molecule has 168 valence electrons. The van der Waals surface area contributed by atoms with E-state index in [4.69, 9.17) is 0 Å². The highest BCUT2D eigenvalue weighted by Gasteiger charge is 2.20. The summed E-state index contributed by atoms with van der Waals surface area (Å²) >= 11 is 0. The van der Waals surface area contributed by atoms with Gasteiger partial charge in [0.25, 0.3) is 0 Å². The number of sulfone groups is 1. The van der Waals surface area contributed by atoms with Crippen LogP contribution in [0.2, 0.25) is 0 Å². The third-order valence-corrected chi connectivity index (χ3v) is 5.01. The summed E-state index contributed by atoms with van der Waals surface area (Å²) in [6.07, 6.45) is 1.74. The smallest absolute Gasteiger partial charge is 0.387 e. The summed E-state index contributed by atoms with van der Waals surface area (Å²) in [6, 6.07) is 4.99. The van der Waals surface area contributed by atoms with Crippen molar-refractivity contribution in [1.29, 1.82) is 0 Å². The number of hydrogen-bond acceptors (Lipinski definition) is 4. The molecule has 0 spiro atoms. The third-order valence-electron chi connectivity index (χ3n) is 4.07. The summed E-state index contributed by atoms with van der Waals surface area (Å²) in [6.45, 7) is 6.16. The normalized spacial score (nSPS) is 12.5. The number of aliphatic imine (C=N–C) groups is 1. The third kappa shape index (κ3) is 12.2. The topological polar surface area (TPSA) is 79.8 Å². The highest BCUT2D eigenvalue weighted by Crippen LogP contribution is 2.23. The van der Waals surface area contributed by atoms with E-state index in [0.717, 1.165) is 5.56 Å². The summed E-state index contributed by atoms with van der Waals surface area (Å²) in [7, 11) is -3.02. The molecule has 0 aliphatic rings. The first kappa shape index (κ1) is 27.8. The second-order valence-corrected chi connectivity index (χ2v) is 9.84. The van der Waals surface area contributed by atoms with Gasteiger partial charge in [-0.3, -0.25) is 0 Å². The first-order valence-electron chi connectivity index (χ1n) is 9.16. The molecule has 0 aromatic heterocycles. The van der Waals surface area contributed by atoms with Crippen molar-refractivity contribution in [2.75, 3.05) is 25.1 Å². The molecule has 0 aliphatic carbocycles. The Morgan fingerprint density at radius 1 is 1.28 bits per heavy atom. The molecule has 0 saturated heterocycles. The zero-order chi connectivity index (χ0) is 21.4. The quantitative estimate of drug-likeness (QED) is 0.265. The SMILES string of the molecule is CCNC(=NCc1cc(C)ccc1OC(F)F)NCC(C)(C)CCS(C)(=O)=O.I. The Hall–Kier alpha value is -1.17. The van der Waals surface area contributed by atoms with Gasteiger partial charge in [-0.15, -0.1) is 24.0 Å². The molecule has 0 amide bonds. The van der Waals surface area contributed by atoms with Crippen LogP contribution in [0.15, 0.2) is 23.2 Å². The minimum absolute atomic E-state index is 0. The average Bonchev–Trinajstić information content (AvgIpc) is 2.57. The lowest BCUT2D eigenvalue weighted by Gasteiger charge is -2.25.